The van der Waals surface area contributed by atoms with E-state index >= 15 is 0 Å². The Bertz CT molecular complexity index is 715. The Morgan fingerprint density at radius 2 is 1.95 bits per heavy atom. The van der Waals surface area contributed by atoms with Gasteiger partial charge in [0.2, 0.25) is 0 Å². The van der Waals surface area contributed by atoms with Crippen molar-refractivity contribution < 1.29 is 9.66 Å². The van der Waals surface area contributed by atoms with Crippen LogP contribution in [0.3, 0.4) is 0 Å². The van der Waals surface area contributed by atoms with E-state index in [0.717, 1.165) is 0 Å². The number of ether oxygens (including phenoxy) is 1. The van der Waals surface area contributed by atoms with Crippen molar-refractivity contribution in [1.29, 1.82) is 0 Å². The van der Waals surface area contributed by atoms with Crippen LogP contribution in [-0.2, 0) is 0 Å². The maximum atomic E-state index is 10.6. The molecule has 0 unspecified atom stereocenters. The molecule has 0 aliphatic rings. The van der Waals surface area contributed by atoms with Crippen molar-refractivity contribution in [2.45, 2.75) is 6.92 Å². The predicted octanol–water partition coefficient (Wildman–Crippen LogP) is 5.05. The molecule has 0 saturated carbocycles. The van der Waals surface area contributed by atoms with Crippen molar-refractivity contribution in [2.24, 2.45) is 4.99 Å². The summed E-state index contributed by atoms with van der Waals surface area (Å²) in [6, 6.07) is 9.18. The monoisotopic (exact) mass is 338 g/mol. The lowest BCUT2D eigenvalue weighted by molar-refractivity contribution is -0.384. The van der Waals surface area contributed by atoms with Gasteiger partial charge >= 0.3 is 0 Å². The van der Waals surface area contributed by atoms with Crippen molar-refractivity contribution in [2.75, 3.05) is 6.61 Å². The minimum atomic E-state index is -0.461. The third-order valence-corrected chi connectivity index (χ3v) is 3.24. The number of rotatable bonds is 5. The van der Waals surface area contributed by atoms with E-state index in [1.807, 2.05) is 6.92 Å². The van der Waals surface area contributed by atoms with Crippen molar-refractivity contribution >= 4 is 40.8 Å². The molecule has 0 aromatic heterocycles. The molecule has 0 radical (unpaired) electrons. The third kappa shape index (κ3) is 3.96. The maximum absolute atomic E-state index is 10.6. The van der Waals surface area contributed by atoms with E-state index in [-0.39, 0.29) is 5.69 Å². The molecule has 22 heavy (non-hydrogen) atoms. The number of aliphatic imine (C=N–C) groups is 1. The number of non-ortho nitro benzene ring substituents is 1. The summed E-state index contributed by atoms with van der Waals surface area (Å²) in [5, 5.41) is 11.5. The molecule has 2 aromatic rings. The summed E-state index contributed by atoms with van der Waals surface area (Å²) in [4.78, 5) is 14.4. The Balaban J connectivity index is 2.31. The molecule has 0 heterocycles. The topological polar surface area (TPSA) is 64.7 Å². The number of nitro benzene ring substituents is 1. The van der Waals surface area contributed by atoms with Gasteiger partial charge in [-0.1, -0.05) is 23.2 Å². The summed E-state index contributed by atoms with van der Waals surface area (Å²) in [7, 11) is 0. The lowest BCUT2D eigenvalue weighted by Crippen LogP contribution is -1.97. The number of hydrogen-bond donors (Lipinski definition) is 0. The average molecular weight is 339 g/mol. The summed E-state index contributed by atoms with van der Waals surface area (Å²) in [5.41, 5.74) is 1.22. The summed E-state index contributed by atoms with van der Waals surface area (Å²) in [6.45, 7) is 2.31. The quantitative estimate of drug-likeness (QED) is 0.435. The molecule has 0 N–H and O–H groups in total. The van der Waals surface area contributed by atoms with Crippen LogP contribution in [-0.4, -0.2) is 17.7 Å². The van der Waals surface area contributed by atoms with Crippen molar-refractivity contribution in [3.8, 4) is 5.75 Å². The van der Waals surface area contributed by atoms with E-state index in [1.54, 1.807) is 30.5 Å². The van der Waals surface area contributed by atoms with E-state index in [9.17, 15) is 10.1 Å². The van der Waals surface area contributed by atoms with Crippen molar-refractivity contribution in [3.05, 3.63) is 62.1 Å². The van der Waals surface area contributed by atoms with Crippen LogP contribution >= 0.6 is 23.2 Å². The first-order valence-electron chi connectivity index (χ1n) is 6.41. The fraction of sp³-hybridized carbons (Fsp3) is 0.133. The standard InChI is InChI=1S/C15H12Cl2N2O3/c1-2-22-15-10(7-11(16)8-14(15)17)9-18-12-3-5-13(6-4-12)19(20)21/h3-9H,2H2,1H3. The van der Waals surface area contributed by atoms with Crippen LogP contribution in [0.5, 0.6) is 5.75 Å². The summed E-state index contributed by atoms with van der Waals surface area (Å²) in [5.74, 6) is 0.499. The number of nitrogens with zero attached hydrogens (tertiary/aromatic N) is 2. The van der Waals surface area contributed by atoms with Crippen LogP contribution < -0.4 is 4.74 Å². The molecule has 0 atom stereocenters. The molecular formula is C15H12Cl2N2O3. The molecule has 2 rings (SSSR count). The molecule has 0 spiro atoms. The van der Waals surface area contributed by atoms with E-state index in [1.165, 1.54) is 12.1 Å². The SMILES string of the molecule is CCOc1c(Cl)cc(Cl)cc1C=Nc1ccc([N+](=O)[O-])cc1. The zero-order valence-electron chi connectivity index (χ0n) is 11.6. The highest BCUT2D eigenvalue weighted by atomic mass is 35.5. The summed E-state index contributed by atoms with van der Waals surface area (Å²) >= 11 is 12.1. The highest BCUT2D eigenvalue weighted by molar-refractivity contribution is 6.36. The van der Waals surface area contributed by atoms with Crippen LogP contribution in [0, 0.1) is 10.1 Å². The van der Waals surface area contributed by atoms with Gasteiger partial charge in [-0.15, -0.1) is 0 Å². The molecule has 0 amide bonds. The maximum Gasteiger partial charge on any atom is 0.269 e. The van der Waals surface area contributed by atoms with Gasteiger partial charge in [0.1, 0.15) is 5.75 Å². The first kappa shape index (κ1) is 16.3. The second kappa shape index (κ2) is 7.24. The summed E-state index contributed by atoms with van der Waals surface area (Å²) in [6.07, 6.45) is 1.56. The number of hydrogen-bond acceptors (Lipinski definition) is 4. The number of halogens is 2. The molecule has 0 aliphatic heterocycles. The van der Waals surface area contributed by atoms with Crippen molar-refractivity contribution in [1.82, 2.24) is 0 Å². The van der Waals surface area contributed by atoms with Gasteiger partial charge in [-0.2, -0.15) is 0 Å². The molecule has 2 aromatic carbocycles. The molecular weight excluding hydrogens is 327 g/mol. The first-order chi connectivity index (χ1) is 10.5. The van der Waals surface area contributed by atoms with Crippen molar-refractivity contribution in [3.63, 3.8) is 0 Å². The van der Waals surface area contributed by atoms with Gasteiger partial charge in [0.15, 0.2) is 0 Å². The lowest BCUT2D eigenvalue weighted by atomic mass is 10.2. The van der Waals surface area contributed by atoms with Gasteiger partial charge in [0.25, 0.3) is 5.69 Å². The lowest BCUT2D eigenvalue weighted by Gasteiger charge is -2.09. The van der Waals surface area contributed by atoms with Crippen LogP contribution in [0.25, 0.3) is 0 Å². The fourth-order valence-corrected chi connectivity index (χ4v) is 2.34. The molecule has 0 fully saturated rings. The van der Waals surface area contributed by atoms with Gasteiger partial charge in [0.05, 0.1) is 22.2 Å². The Morgan fingerprint density at radius 3 is 2.55 bits per heavy atom. The molecule has 7 heteroatoms. The molecule has 0 saturated heterocycles. The molecule has 5 nitrogen and oxygen atoms in total. The highest BCUT2D eigenvalue weighted by Crippen LogP contribution is 2.32. The Labute approximate surface area is 137 Å². The zero-order valence-corrected chi connectivity index (χ0v) is 13.1. The van der Waals surface area contributed by atoms with Gasteiger partial charge in [-0.05, 0) is 31.2 Å². The minimum absolute atomic E-state index is 0.0137. The molecule has 0 aliphatic carbocycles. The zero-order chi connectivity index (χ0) is 16.1. The third-order valence-electron chi connectivity index (χ3n) is 2.74. The first-order valence-corrected chi connectivity index (χ1v) is 7.17. The van der Waals surface area contributed by atoms with E-state index < -0.39 is 4.92 Å². The predicted molar refractivity (Wildman–Crippen MR) is 88.0 cm³/mol. The van der Waals surface area contributed by atoms with Gasteiger partial charge in [-0.25, -0.2) is 0 Å². The van der Waals surface area contributed by atoms with E-state index in [0.29, 0.717) is 33.7 Å². The number of nitro groups is 1. The minimum Gasteiger partial charge on any atom is -0.492 e. The van der Waals surface area contributed by atoms with Crippen LogP contribution in [0.1, 0.15) is 12.5 Å². The number of benzene rings is 2. The summed E-state index contributed by atoms with van der Waals surface area (Å²) < 4.78 is 5.49. The van der Waals surface area contributed by atoms with Gasteiger partial charge in [-0.3, -0.25) is 15.1 Å². The largest absolute Gasteiger partial charge is 0.492 e. The average Bonchev–Trinajstić information content (AvgIpc) is 2.48. The van der Waals surface area contributed by atoms with Crippen LogP contribution in [0.15, 0.2) is 41.4 Å². The normalized spacial score (nSPS) is 10.9. The Hall–Kier alpha value is -2.11. The van der Waals surface area contributed by atoms with Gasteiger partial charge in [0, 0.05) is 28.9 Å². The second-order valence-corrected chi connectivity index (χ2v) is 5.11. The Kier molecular flexibility index (Phi) is 5.35. The van der Waals surface area contributed by atoms with Crippen LogP contribution in [0.2, 0.25) is 10.0 Å². The highest BCUT2D eigenvalue weighted by Gasteiger charge is 2.09. The van der Waals surface area contributed by atoms with E-state index in [2.05, 4.69) is 4.99 Å². The smallest absolute Gasteiger partial charge is 0.269 e. The second-order valence-electron chi connectivity index (χ2n) is 4.27. The van der Waals surface area contributed by atoms with E-state index in [4.69, 9.17) is 27.9 Å². The fourth-order valence-electron chi connectivity index (χ4n) is 1.78. The van der Waals surface area contributed by atoms with Gasteiger partial charge < -0.3 is 4.74 Å². The molecule has 0 bridgehead atoms. The Morgan fingerprint density at radius 1 is 1.27 bits per heavy atom. The molecule has 114 valence electrons. The van der Waals surface area contributed by atoms with Crippen LogP contribution in [0.4, 0.5) is 11.4 Å².